The minimum atomic E-state index is -1.43. The molecule has 0 nitrogen and oxygen atoms in total. The Morgan fingerprint density at radius 1 is 0.112 bits per heavy atom. The van der Waals surface area contributed by atoms with Gasteiger partial charge in [0.25, 0.3) is 0 Å². The van der Waals surface area contributed by atoms with Gasteiger partial charge in [0.1, 0.15) is 133 Å². The molecule has 0 fully saturated rings. The van der Waals surface area contributed by atoms with Crippen LogP contribution in [-0.4, -0.2) is 0 Å². The molecule has 0 spiro atoms. The van der Waals surface area contributed by atoms with Crippen molar-refractivity contribution >= 4 is 95.3 Å². The van der Waals surface area contributed by atoms with Gasteiger partial charge in [0.15, 0.2) is 0 Å². The van der Waals surface area contributed by atoms with E-state index in [1.54, 1.807) is 146 Å². The van der Waals surface area contributed by atoms with Crippen molar-refractivity contribution in [2.75, 3.05) is 0 Å². The molecule has 450 valence electrons. The van der Waals surface area contributed by atoms with Crippen molar-refractivity contribution < 1.29 is 73.1 Å². The van der Waals surface area contributed by atoms with Crippen LogP contribution in [0.1, 0.15) is 0 Å². The second kappa shape index (κ2) is 32.6. The first-order chi connectivity index (χ1) is 42.5. The molecule has 0 aromatic heterocycles. The summed E-state index contributed by atoms with van der Waals surface area (Å²) in [6, 6.07) is 75.4. The van der Waals surface area contributed by atoms with Crippen molar-refractivity contribution in [1.29, 1.82) is 0 Å². The van der Waals surface area contributed by atoms with Crippen molar-refractivity contribution in [3.8, 4) is 0 Å². The Balaban J connectivity index is 0.000000153. The molecule has 0 unspecified atom stereocenters. The van der Waals surface area contributed by atoms with Crippen LogP contribution in [0, 0.1) is 69.8 Å². The average molecular weight is 1380 g/mol. The van der Waals surface area contributed by atoms with Crippen LogP contribution >= 0.6 is 31.7 Å². The first-order valence-corrected chi connectivity index (χ1v) is 33.1. The van der Waals surface area contributed by atoms with Crippen molar-refractivity contribution in [2.45, 2.75) is 0 Å². The van der Waals surface area contributed by atoms with Crippen LogP contribution in [0.25, 0.3) is 0 Å². The molecule has 0 bridgehead atoms. The predicted octanol–water partition coefficient (Wildman–Crippen LogP) is 14.4. The maximum atomic E-state index is 13.2. The molecule has 0 saturated heterocycles. The zero-order chi connectivity index (χ0) is 62.1. The molecule has 0 N–H and O–H groups in total. The zero-order valence-corrected chi connectivity index (χ0v) is 52.1. The minimum Gasteiger partial charge on any atom is -0.207 e. The van der Waals surface area contributed by atoms with Crippen LogP contribution in [0.15, 0.2) is 291 Å². The van der Waals surface area contributed by atoms with E-state index in [1.807, 2.05) is 0 Å². The Hall–Kier alpha value is -7.82. The fourth-order valence-corrected chi connectivity index (χ4v) is 19.4. The van der Waals surface area contributed by atoms with Gasteiger partial charge >= 0.3 is 0 Å². The standard InChI is InChI=1S/4C18H12F3P.Pd/c4*19-13-1-7-16(8-2-13)22(17-9-3-14(20)4-10-17)18-11-5-15(21)6-12-18;/h4*1-12H;/p+4. The second-order valence-corrected chi connectivity index (χ2v) is 29.5. The molecule has 0 radical (unpaired) electrons. The third-order valence-corrected chi connectivity index (χ3v) is 24.5. The molecule has 0 amide bonds. The molecule has 0 aliphatic heterocycles. The first kappa shape index (κ1) is 67.1. The fraction of sp³-hybridized carbons (Fsp3) is 0. The van der Waals surface area contributed by atoms with Crippen LogP contribution < -0.4 is 63.7 Å². The Kier molecular flexibility index (Phi) is 24.6. The van der Waals surface area contributed by atoms with Crippen molar-refractivity contribution in [3.63, 3.8) is 0 Å². The van der Waals surface area contributed by atoms with Crippen molar-refractivity contribution in [1.82, 2.24) is 0 Å². The molecule has 0 saturated carbocycles. The van der Waals surface area contributed by atoms with Gasteiger partial charge in [0.05, 0.1) is 31.7 Å². The molecule has 0 aliphatic rings. The normalized spacial score (nSPS) is 10.8. The Labute approximate surface area is 526 Å². The summed E-state index contributed by atoms with van der Waals surface area (Å²) in [5.74, 6) is -3.63. The number of halogens is 12. The second-order valence-electron chi connectivity index (χ2n) is 19.6. The molecule has 12 aromatic rings. The summed E-state index contributed by atoms with van der Waals surface area (Å²) in [5, 5.41) is 11.6. The van der Waals surface area contributed by atoms with Gasteiger partial charge in [-0.1, -0.05) is 0 Å². The third kappa shape index (κ3) is 19.1. The molecule has 12 aromatic carbocycles. The summed E-state index contributed by atoms with van der Waals surface area (Å²) < 4.78 is 158. The maximum Gasteiger partial charge on any atom is 0.123 e. The minimum absolute atomic E-state index is 0. The summed E-state index contributed by atoms with van der Waals surface area (Å²) >= 11 is 0. The van der Waals surface area contributed by atoms with Crippen LogP contribution in [0.3, 0.4) is 0 Å². The number of hydrogen-bond acceptors (Lipinski definition) is 0. The SMILES string of the molecule is Fc1ccc([PH+](c2ccc(F)cc2)c2ccc(F)cc2)cc1.Fc1ccc([PH+](c2ccc(F)cc2)c2ccc(F)cc2)cc1.Fc1ccc([PH+](c2ccc(F)cc2)c2ccc(F)cc2)cc1.Fc1ccc([PH+](c2ccc(F)cc2)c2ccc(F)cc2)cc1.[Pd]. The molecule has 0 atom stereocenters. The van der Waals surface area contributed by atoms with E-state index >= 15 is 0 Å². The van der Waals surface area contributed by atoms with Crippen molar-refractivity contribution in [3.05, 3.63) is 361 Å². The fourth-order valence-electron chi connectivity index (χ4n) is 9.40. The van der Waals surface area contributed by atoms with E-state index in [2.05, 4.69) is 0 Å². The van der Waals surface area contributed by atoms with Gasteiger partial charge in [-0.2, -0.15) is 0 Å². The molecule has 89 heavy (non-hydrogen) atoms. The maximum absolute atomic E-state index is 13.2. The number of rotatable bonds is 12. The summed E-state index contributed by atoms with van der Waals surface area (Å²) in [7, 11) is -5.71. The zero-order valence-electron chi connectivity index (χ0n) is 46.6. The van der Waals surface area contributed by atoms with Crippen LogP contribution in [0.2, 0.25) is 0 Å². The monoisotopic (exact) mass is 1370 g/mol. The Morgan fingerprint density at radius 3 is 0.225 bits per heavy atom. The summed E-state index contributed by atoms with van der Waals surface area (Å²) in [4.78, 5) is 0. The molecular formula is C72H52F12P4Pd+4. The van der Waals surface area contributed by atoms with Gasteiger partial charge in [-0.3, -0.25) is 0 Å². The average Bonchev–Trinajstić information content (AvgIpc) is 2.73. The van der Waals surface area contributed by atoms with E-state index in [4.69, 9.17) is 0 Å². The Bertz CT molecular complexity index is 3120. The summed E-state index contributed by atoms with van der Waals surface area (Å²) in [6.07, 6.45) is 0. The van der Waals surface area contributed by atoms with Gasteiger partial charge < -0.3 is 0 Å². The molecular weight excluding hydrogens is 1320 g/mol. The van der Waals surface area contributed by atoms with E-state index in [0.29, 0.717) is 0 Å². The summed E-state index contributed by atoms with van der Waals surface area (Å²) in [6.45, 7) is 0. The topological polar surface area (TPSA) is 0 Å². The summed E-state index contributed by atoms with van der Waals surface area (Å²) in [5.41, 5.74) is 0. The van der Waals surface area contributed by atoms with Crippen molar-refractivity contribution in [2.24, 2.45) is 0 Å². The number of hydrogen-bond donors (Lipinski definition) is 0. The van der Waals surface area contributed by atoms with Crippen LogP contribution in [0.4, 0.5) is 52.7 Å². The van der Waals surface area contributed by atoms with E-state index < -0.39 is 31.7 Å². The largest absolute Gasteiger partial charge is 0.207 e. The van der Waals surface area contributed by atoms with Gasteiger partial charge in [0.2, 0.25) is 0 Å². The first-order valence-electron chi connectivity index (χ1n) is 27.1. The van der Waals surface area contributed by atoms with E-state index in [9.17, 15) is 52.7 Å². The van der Waals surface area contributed by atoms with Gasteiger partial charge in [-0.25, -0.2) is 52.7 Å². The van der Waals surface area contributed by atoms with Gasteiger partial charge in [0, 0.05) is 20.4 Å². The molecule has 12 rings (SSSR count). The molecule has 17 heteroatoms. The number of benzene rings is 12. The smallest absolute Gasteiger partial charge is 0.123 e. The predicted molar refractivity (Wildman–Crippen MR) is 346 cm³/mol. The van der Waals surface area contributed by atoms with Crippen LogP contribution in [-0.2, 0) is 20.4 Å². The molecule has 0 aliphatic carbocycles. The Morgan fingerprint density at radius 2 is 0.169 bits per heavy atom. The third-order valence-electron chi connectivity index (χ3n) is 13.6. The van der Waals surface area contributed by atoms with Gasteiger partial charge in [-0.05, 0) is 291 Å². The van der Waals surface area contributed by atoms with E-state index in [0.717, 1.165) is 63.7 Å². The molecule has 0 heterocycles. The quantitative estimate of drug-likeness (QED) is 0.0650. The van der Waals surface area contributed by atoms with E-state index in [1.165, 1.54) is 146 Å². The van der Waals surface area contributed by atoms with E-state index in [-0.39, 0.29) is 90.2 Å². The van der Waals surface area contributed by atoms with Crippen LogP contribution in [0.5, 0.6) is 0 Å². The van der Waals surface area contributed by atoms with Gasteiger partial charge in [-0.15, -0.1) is 0 Å².